The van der Waals surface area contributed by atoms with Crippen LogP contribution in [0.3, 0.4) is 0 Å². The highest BCUT2D eigenvalue weighted by molar-refractivity contribution is 6.00. The van der Waals surface area contributed by atoms with Crippen LogP contribution in [0.2, 0.25) is 0 Å². The minimum absolute atomic E-state index is 0.0217. The Bertz CT molecular complexity index is 935. The Balaban J connectivity index is 2.32. The molecule has 0 saturated heterocycles. The molecular formula is C23H20N2O2. The smallest absolute Gasteiger partial charge is 0.163 e. The minimum atomic E-state index is -1.49. The average Bonchev–Trinajstić information content (AvgIpc) is 2.73. The van der Waals surface area contributed by atoms with Gasteiger partial charge in [0.15, 0.2) is 11.2 Å². The summed E-state index contributed by atoms with van der Waals surface area (Å²) in [6, 6.07) is 22.8. The number of aliphatic hydroxyl groups is 1. The van der Waals surface area contributed by atoms with Gasteiger partial charge in [-0.2, -0.15) is 10.5 Å². The van der Waals surface area contributed by atoms with Crippen LogP contribution in [0.5, 0.6) is 0 Å². The van der Waals surface area contributed by atoms with Crippen LogP contribution < -0.4 is 0 Å². The van der Waals surface area contributed by atoms with Crippen LogP contribution in [-0.2, 0) is 4.79 Å². The molecule has 0 unspecified atom stereocenters. The fourth-order valence-corrected chi connectivity index (χ4v) is 4.02. The molecule has 0 heterocycles. The highest BCUT2D eigenvalue weighted by Gasteiger charge is 2.55. The standard InChI is InChI=1S/C23H20N2O2/c1-2-19(26)21-20(27)13-18(16-9-5-3-6-10-16)23(14-24,15-25)22(21)17-11-7-4-8-12-17/h3-12,18,22,26H,2,13H2,1H3/b21-19+/t18-,22+/m0/s1. The van der Waals surface area contributed by atoms with E-state index < -0.39 is 17.3 Å². The third-order valence-electron chi connectivity index (χ3n) is 5.33. The van der Waals surface area contributed by atoms with Gasteiger partial charge in [0.25, 0.3) is 0 Å². The second kappa shape index (κ2) is 7.48. The Morgan fingerprint density at radius 2 is 1.56 bits per heavy atom. The summed E-state index contributed by atoms with van der Waals surface area (Å²) in [6.07, 6.45) is 0.293. The first-order valence-corrected chi connectivity index (χ1v) is 8.96. The summed E-state index contributed by atoms with van der Waals surface area (Å²) in [4.78, 5) is 13.0. The van der Waals surface area contributed by atoms with Crippen LogP contribution in [0, 0.1) is 28.1 Å². The van der Waals surface area contributed by atoms with E-state index in [-0.39, 0.29) is 30.0 Å². The zero-order valence-electron chi connectivity index (χ0n) is 15.1. The lowest BCUT2D eigenvalue weighted by Crippen LogP contribution is -2.42. The molecule has 134 valence electrons. The Morgan fingerprint density at radius 1 is 1.04 bits per heavy atom. The summed E-state index contributed by atoms with van der Waals surface area (Å²) in [5.41, 5.74) is 0.170. The maximum atomic E-state index is 13.0. The van der Waals surface area contributed by atoms with Gasteiger partial charge in [-0.15, -0.1) is 0 Å². The number of benzene rings is 2. The van der Waals surface area contributed by atoms with E-state index in [2.05, 4.69) is 12.1 Å². The highest BCUT2D eigenvalue weighted by atomic mass is 16.3. The highest BCUT2D eigenvalue weighted by Crippen LogP contribution is 2.56. The third kappa shape index (κ3) is 3.00. The van der Waals surface area contributed by atoms with E-state index in [0.29, 0.717) is 5.56 Å². The molecule has 1 aliphatic carbocycles. The van der Waals surface area contributed by atoms with Crippen molar-refractivity contribution in [3.63, 3.8) is 0 Å². The molecule has 1 saturated carbocycles. The summed E-state index contributed by atoms with van der Waals surface area (Å²) < 4.78 is 0. The molecule has 0 amide bonds. The van der Waals surface area contributed by atoms with Crippen molar-refractivity contribution in [2.75, 3.05) is 0 Å². The van der Waals surface area contributed by atoms with Gasteiger partial charge in [0.1, 0.15) is 0 Å². The topological polar surface area (TPSA) is 84.9 Å². The number of aliphatic hydroxyl groups excluding tert-OH is 1. The van der Waals surface area contributed by atoms with E-state index >= 15 is 0 Å². The molecule has 0 aliphatic heterocycles. The first kappa shape index (κ1) is 18.4. The Kier molecular flexibility index (Phi) is 5.10. The fraction of sp³-hybridized carbons (Fsp3) is 0.261. The molecule has 4 nitrogen and oxygen atoms in total. The molecule has 3 rings (SSSR count). The van der Waals surface area contributed by atoms with Crippen molar-refractivity contribution in [3.05, 3.63) is 83.1 Å². The van der Waals surface area contributed by atoms with Gasteiger partial charge < -0.3 is 5.11 Å². The van der Waals surface area contributed by atoms with Crippen molar-refractivity contribution in [2.24, 2.45) is 5.41 Å². The van der Waals surface area contributed by atoms with Crippen LogP contribution in [0.25, 0.3) is 0 Å². The second-order valence-electron chi connectivity index (χ2n) is 6.74. The number of carbonyl (C=O) groups is 1. The quantitative estimate of drug-likeness (QED) is 0.633. The predicted octanol–water partition coefficient (Wildman–Crippen LogP) is 4.78. The van der Waals surface area contributed by atoms with E-state index in [9.17, 15) is 20.4 Å². The van der Waals surface area contributed by atoms with Crippen LogP contribution in [0.15, 0.2) is 72.0 Å². The second-order valence-corrected chi connectivity index (χ2v) is 6.74. The molecule has 27 heavy (non-hydrogen) atoms. The molecule has 2 atom stereocenters. The first-order valence-electron chi connectivity index (χ1n) is 8.96. The van der Waals surface area contributed by atoms with Gasteiger partial charge in [0.05, 0.1) is 17.9 Å². The van der Waals surface area contributed by atoms with Crippen LogP contribution >= 0.6 is 0 Å². The van der Waals surface area contributed by atoms with Crippen LogP contribution in [-0.4, -0.2) is 10.9 Å². The molecule has 2 aromatic rings. The number of hydrogen-bond donors (Lipinski definition) is 1. The van der Waals surface area contributed by atoms with Gasteiger partial charge in [-0.3, -0.25) is 4.79 Å². The first-order chi connectivity index (χ1) is 13.1. The van der Waals surface area contributed by atoms with E-state index in [1.165, 1.54) is 0 Å². The van der Waals surface area contributed by atoms with E-state index in [0.717, 1.165) is 5.56 Å². The molecule has 4 heteroatoms. The zero-order chi connectivity index (χ0) is 19.4. The molecule has 0 aromatic heterocycles. The predicted molar refractivity (Wildman–Crippen MR) is 102 cm³/mol. The Morgan fingerprint density at radius 3 is 2.04 bits per heavy atom. The van der Waals surface area contributed by atoms with Gasteiger partial charge in [-0.05, 0) is 11.1 Å². The Hall–Kier alpha value is -3.37. The van der Waals surface area contributed by atoms with Crippen LogP contribution in [0.4, 0.5) is 0 Å². The molecule has 0 spiro atoms. The fourth-order valence-electron chi connectivity index (χ4n) is 4.02. The summed E-state index contributed by atoms with van der Waals surface area (Å²) in [6.45, 7) is 1.75. The zero-order valence-corrected chi connectivity index (χ0v) is 15.1. The lowest BCUT2D eigenvalue weighted by Gasteiger charge is -2.41. The van der Waals surface area contributed by atoms with Gasteiger partial charge in [-0.25, -0.2) is 0 Å². The summed E-state index contributed by atoms with van der Waals surface area (Å²) >= 11 is 0. The number of Topliss-reactive ketones (excluding diaryl/α,β-unsaturated/α-hetero) is 1. The number of nitriles is 2. The molecular weight excluding hydrogens is 336 g/mol. The summed E-state index contributed by atoms with van der Waals surface area (Å²) in [5, 5.41) is 30.9. The van der Waals surface area contributed by atoms with Gasteiger partial charge in [-0.1, -0.05) is 67.6 Å². The van der Waals surface area contributed by atoms with Gasteiger partial charge in [0, 0.05) is 30.3 Å². The number of ketones is 1. The third-order valence-corrected chi connectivity index (χ3v) is 5.33. The maximum Gasteiger partial charge on any atom is 0.163 e. The van der Waals surface area contributed by atoms with E-state index in [4.69, 9.17) is 0 Å². The number of carbonyl (C=O) groups excluding carboxylic acids is 1. The molecule has 1 N–H and O–H groups in total. The van der Waals surface area contributed by atoms with Crippen molar-refractivity contribution in [1.29, 1.82) is 10.5 Å². The number of nitrogens with zero attached hydrogens (tertiary/aromatic N) is 2. The lowest BCUT2D eigenvalue weighted by molar-refractivity contribution is -0.118. The molecule has 1 fully saturated rings. The normalized spacial score (nSPS) is 23.1. The molecule has 0 bridgehead atoms. The SMILES string of the molecule is CC/C(O)=C1/C(=O)C[C@@H](c2ccccc2)C(C#N)(C#N)[C@@H]1c1ccccc1. The van der Waals surface area contributed by atoms with Crippen molar-refractivity contribution >= 4 is 5.78 Å². The van der Waals surface area contributed by atoms with E-state index in [1.807, 2.05) is 48.5 Å². The van der Waals surface area contributed by atoms with E-state index in [1.54, 1.807) is 19.1 Å². The van der Waals surface area contributed by atoms with Crippen molar-refractivity contribution in [2.45, 2.75) is 31.6 Å². The van der Waals surface area contributed by atoms with Gasteiger partial charge >= 0.3 is 0 Å². The van der Waals surface area contributed by atoms with Crippen molar-refractivity contribution in [1.82, 2.24) is 0 Å². The monoisotopic (exact) mass is 356 g/mol. The number of allylic oxidation sites excluding steroid dienone is 2. The van der Waals surface area contributed by atoms with Crippen LogP contribution in [0.1, 0.15) is 42.7 Å². The number of hydrogen-bond acceptors (Lipinski definition) is 4. The Labute approximate surface area is 159 Å². The minimum Gasteiger partial charge on any atom is -0.512 e. The van der Waals surface area contributed by atoms with Gasteiger partial charge in [0.2, 0.25) is 0 Å². The van der Waals surface area contributed by atoms with Crippen molar-refractivity contribution in [3.8, 4) is 12.1 Å². The summed E-state index contributed by atoms with van der Waals surface area (Å²) in [5.74, 6) is -1.63. The molecule has 1 aliphatic rings. The molecule has 2 aromatic carbocycles. The molecule has 0 radical (unpaired) electrons. The average molecular weight is 356 g/mol. The number of rotatable bonds is 3. The summed E-state index contributed by atoms with van der Waals surface area (Å²) in [7, 11) is 0. The lowest BCUT2D eigenvalue weighted by atomic mass is 9.55. The maximum absolute atomic E-state index is 13.0. The van der Waals surface area contributed by atoms with Crippen molar-refractivity contribution < 1.29 is 9.90 Å². The largest absolute Gasteiger partial charge is 0.512 e.